The molecule has 1 aliphatic rings. The standard InChI is InChI=1S/C19H27NO2Si/c1-19(2,3)23(4,5)22-17-8-6-7-13-12-20-16-11-14(21)9-10-15(16)18(13)17/h9-12,17,21H,6-8H2,1-5H3. The van der Waals surface area contributed by atoms with Gasteiger partial charge in [-0.2, -0.15) is 0 Å². The number of nitrogens with zero attached hydrogens (tertiary/aromatic N) is 1. The fourth-order valence-electron chi connectivity index (χ4n) is 3.10. The molecule has 1 aliphatic carbocycles. The van der Waals surface area contributed by atoms with Gasteiger partial charge in [0.05, 0.1) is 11.6 Å². The van der Waals surface area contributed by atoms with Gasteiger partial charge in [-0.3, -0.25) is 4.98 Å². The third-order valence-corrected chi connectivity index (χ3v) is 9.94. The second-order valence-corrected chi connectivity index (χ2v) is 12.9. The number of aromatic hydroxyl groups is 1. The Bertz CT molecular complexity index is 734. The molecule has 0 bridgehead atoms. The molecule has 2 aromatic rings. The van der Waals surface area contributed by atoms with E-state index in [0.29, 0.717) is 0 Å². The van der Waals surface area contributed by atoms with Gasteiger partial charge in [0.2, 0.25) is 0 Å². The fourth-order valence-corrected chi connectivity index (χ4v) is 4.40. The Hall–Kier alpha value is -1.39. The van der Waals surface area contributed by atoms with Crippen molar-refractivity contribution in [3.05, 3.63) is 35.5 Å². The molecular formula is C19H27NO2Si. The fraction of sp³-hybridized carbons (Fsp3) is 0.526. The van der Waals surface area contributed by atoms with Crippen LogP contribution in [0.15, 0.2) is 24.4 Å². The van der Waals surface area contributed by atoms with Gasteiger partial charge in [0.1, 0.15) is 5.75 Å². The van der Waals surface area contributed by atoms with Gasteiger partial charge < -0.3 is 9.53 Å². The third-order valence-electron chi connectivity index (χ3n) is 5.45. The summed E-state index contributed by atoms with van der Waals surface area (Å²) in [7, 11) is -1.83. The number of aryl methyl sites for hydroxylation is 1. The number of rotatable bonds is 2. The van der Waals surface area contributed by atoms with Gasteiger partial charge in [0.25, 0.3) is 0 Å². The molecule has 0 saturated heterocycles. The molecule has 3 rings (SSSR count). The zero-order chi connectivity index (χ0) is 16.8. The van der Waals surface area contributed by atoms with Crippen LogP contribution in [0, 0.1) is 0 Å². The summed E-state index contributed by atoms with van der Waals surface area (Å²) in [5.74, 6) is 0.266. The number of hydrogen-bond donors (Lipinski definition) is 1. The minimum Gasteiger partial charge on any atom is -0.508 e. The summed E-state index contributed by atoms with van der Waals surface area (Å²) in [5.41, 5.74) is 3.46. The predicted molar refractivity (Wildman–Crippen MR) is 97.4 cm³/mol. The summed E-state index contributed by atoms with van der Waals surface area (Å²) in [6.07, 6.45) is 5.40. The molecule has 4 heteroatoms. The Labute approximate surface area is 139 Å². The molecule has 124 valence electrons. The van der Waals surface area contributed by atoms with Crippen LogP contribution in [0.5, 0.6) is 5.75 Å². The average Bonchev–Trinajstić information content (AvgIpc) is 2.45. The van der Waals surface area contributed by atoms with E-state index in [1.165, 1.54) is 11.1 Å². The highest BCUT2D eigenvalue weighted by Gasteiger charge is 2.40. The van der Waals surface area contributed by atoms with Crippen molar-refractivity contribution in [2.24, 2.45) is 0 Å². The lowest BCUT2D eigenvalue weighted by Gasteiger charge is -2.41. The molecule has 1 N–H and O–H groups in total. The SMILES string of the molecule is CC(C)(C)[Si](C)(C)OC1CCCc2cnc3cc(O)ccc3c21. The Morgan fingerprint density at radius 2 is 2.00 bits per heavy atom. The van der Waals surface area contributed by atoms with Crippen LogP contribution >= 0.6 is 0 Å². The van der Waals surface area contributed by atoms with Gasteiger partial charge in [0.15, 0.2) is 8.32 Å². The van der Waals surface area contributed by atoms with Crippen molar-refractivity contribution < 1.29 is 9.53 Å². The first-order valence-electron chi connectivity index (χ1n) is 8.47. The van der Waals surface area contributed by atoms with E-state index in [1.54, 1.807) is 12.1 Å². The number of phenols is 1. The molecular weight excluding hydrogens is 302 g/mol. The van der Waals surface area contributed by atoms with Crippen molar-refractivity contribution in [1.29, 1.82) is 0 Å². The lowest BCUT2D eigenvalue weighted by molar-refractivity contribution is 0.164. The van der Waals surface area contributed by atoms with Crippen LogP contribution in [0.3, 0.4) is 0 Å². The molecule has 3 nitrogen and oxygen atoms in total. The number of hydrogen-bond acceptors (Lipinski definition) is 3. The predicted octanol–water partition coefficient (Wildman–Crippen LogP) is 5.34. The molecule has 1 heterocycles. The first-order valence-corrected chi connectivity index (χ1v) is 11.4. The molecule has 0 fully saturated rings. The maximum atomic E-state index is 9.73. The minimum absolute atomic E-state index is 0.148. The van der Waals surface area contributed by atoms with E-state index in [1.807, 2.05) is 12.3 Å². The number of phenolic OH excluding ortho intramolecular Hbond substituents is 1. The monoisotopic (exact) mass is 329 g/mol. The lowest BCUT2D eigenvalue weighted by atomic mass is 9.88. The summed E-state index contributed by atoms with van der Waals surface area (Å²) in [6, 6.07) is 5.49. The summed E-state index contributed by atoms with van der Waals surface area (Å²) in [6.45, 7) is 11.5. The van der Waals surface area contributed by atoms with Crippen molar-refractivity contribution in [2.45, 2.75) is 64.3 Å². The molecule has 1 aromatic heterocycles. The number of pyridine rings is 1. The van der Waals surface area contributed by atoms with Crippen LogP contribution in [0.2, 0.25) is 18.1 Å². The van der Waals surface area contributed by atoms with Gasteiger partial charge in [-0.05, 0) is 60.7 Å². The molecule has 0 radical (unpaired) electrons. The Morgan fingerprint density at radius 3 is 2.70 bits per heavy atom. The van der Waals surface area contributed by atoms with Crippen LogP contribution in [-0.2, 0) is 10.8 Å². The highest BCUT2D eigenvalue weighted by Crippen LogP contribution is 2.44. The van der Waals surface area contributed by atoms with E-state index in [4.69, 9.17) is 4.43 Å². The van der Waals surface area contributed by atoms with Crippen molar-refractivity contribution >= 4 is 19.2 Å². The first-order chi connectivity index (χ1) is 10.7. The van der Waals surface area contributed by atoms with Gasteiger partial charge in [0, 0.05) is 17.6 Å². The molecule has 0 amide bonds. The molecule has 1 unspecified atom stereocenters. The van der Waals surface area contributed by atoms with Crippen LogP contribution in [0.25, 0.3) is 10.9 Å². The van der Waals surface area contributed by atoms with Gasteiger partial charge in [-0.15, -0.1) is 0 Å². The summed E-state index contributed by atoms with van der Waals surface area (Å²) < 4.78 is 6.76. The van der Waals surface area contributed by atoms with Crippen molar-refractivity contribution in [2.75, 3.05) is 0 Å². The van der Waals surface area contributed by atoms with Crippen LogP contribution in [0.1, 0.15) is 50.8 Å². The topological polar surface area (TPSA) is 42.4 Å². The Morgan fingerprint density at radius 1 is 1.26 bits per heavy atom. The number of fused-ring (bicyclic) bond motifs is 3. The zero-order valence-electron chi connectivity index (χ0n) is 14.8. The maximum Gasteiger partial charge on any atom is 0.192 e. The van der Waals surface area contributed by atoms with Crippen LogP contribution in [0.4, 0.5) is 0 Å². The van der Waals surface area contributed by atoms with Gasteiger partial charge in [-0.1, -0.05) is 20.8 Å². The average molecular weight is 330 g/mol. The van der Waals surface area contributed by atoms with E-state index in [9.17, 15) is 5.11 Å². The summed E-state index contributed by atoms with van der Waals surface area (Å²) in [5, 5.41) is 11.1. The quantitative estimate of drug-likeness (QED) is 0.756. The largest absolute Gasteiger partial charge is 0.508 e. The molecule has 0 spiro atoms. The van der Waals surface area contributed by atoms with Crippen molar-refractivity contribution in [1.82, 2.24) is 4.98 Å². The summed E-state index contributed by atoms with van der Waals surface area (Å²) in [4.78, 5) is 4.53. The van der Waals surface area contributed by atoms with E-state index in [0.717, 1.165) is 30.2 Å². The third kappa shape index (κ3) is 3.02. The van der Waals surface area contributed by atoms with Gasteiger partial charge in [-0.25, -0.2) is 0 Å². The summed E-state index contributed by atoms with van der Waals surface area (Å²) >= 11 is 0. The van der Waals surface area contributed by atoms with E-state index in [2.05, 4.69) is 38.8 Å². The smallest absolute Gasteiger partial charge is 0.192 e. The Balaban J connectivity index is 2.08. The first kappa shape index (κ1) is 16.5. The molecule has 1 aromatic carbocycles. The molecule has 0 aliphatic heterocycles. The molecule has 1 atom stereocenters. The normalized spacial score (nSPS) is 18.9. The van der Waals surface area contributed by atoms with E-state index in [-0.39, 0.29) is 16.9 Å². The highest BCUT2D eigenvalue weighted by atomic mass is 28.4. The minimum atomic E-state index is -1.83. The number of benzene rings is 1. The highest BCUT2D eigenvalue weighted by molar-refractivity contribution is 6.74. The van der Waals surface area contributed by atoms with E-state index >= 15 is 0 Å². The van der Waals surface area contributed by atoms with Crippen LogP contribution in [-0.4, -0.2) is 18.4 Å². The van der Waals surface area contributed by atoms with Crippen LogP contribution < -0.4 is 0 Å². The second-order valence-electron chi connectivity index (χ2n) is 8.16. The van der Waals surface area contributed by atoms with Gasteiger partial charge >= 0.3 is 0 Å². The lowest BCUT2D eigenvalue weighted by Crippen LogP contribution is -2.42. The second kappa shape index (κ2) is 5.60. The van der Waals surface area contributed by atoms with Crippen molar-refractivity contribution in [3.63, 3.8) is 0 Å². The molecule has 0 saturated carbocycles. The van der Waals surface area contributed by atoms with Crippen molar-refractivity contribution in [3.8, 4) is 5.75 Å². The van der Waals surface area contributed by atoms with E-state index < -0.39 is 8.32 Å². The zero-order valence-corrected chi connectivity index (χ0v) is 15.8. The Kier molecular flexibility index (Phi) is 4.01. The maximum absolute atomic E-state index is 9.73. The number of aromatic nitrogens is 1. The molecule has 23 heavy (non-hydrogen) atoms.